The lowest BCUT2D eigenvalue weighted by molar-refractivity contribution is 0.256. The third-order valence-corrected chi connectivity index (χ3v) is 3.33. The van der Waals surface area contributed by atoms with Gasteiger partial charge in [-0.3, -0.25) is 0 Å². The lowest BCUT2D eigenvalue weighted by Gasteiger charge is -2.39. The second-order valence-electron chi connectivity index (χ2n) is 4.26. The van der Waals surface area contributed by atoms with Crippen molar-refractivity contribution in [2.24, 2.45) is 11.5 Å². The highest BCUT2D eigenvalue weighted by Gasteiger charge is 2.36. The highest BCUT2D eigenvalue weighted by atomic mass is 14.9. The van der Waals surface area contributed by atoms with Gasteiger partial charge in [-0.05, 0) is 18.4 Å². The van der Waals surface area contributed by atoms with E-state index < -0.39 is 0 Å². The van der Waals surface area contributed by atoms with Gasteiger partial charge in [-0.2, -0.15) is 0 Å². The summed E-state index contributed by atoms with van der Waals surface area (Å²) in [6, 6.07) is 10.4. The molecule has 0 radical (unpaired) electrons. The van der Waals surface area contributed by atoms with Crippen LogP contribution in [0.1, 0.15) is 31.2 Å². The van der Waals surface area contributed by atoms with Crippen molar-refractivity contribution in [2.45, 2.75) is 37.3 Å². The van der Waals surface area contributed by atoms with Crippen LogP contribution in [0.2, 0.25) is 0 Å². The van der Waals surface area contributed by atoms with Gasteiger partial charge >= 0.3 is 0 Å². The van der Waals surface area contributed by atoms with Gasteiger partial charge in [0.2, 0.25) is 0 Å². The van der Waals surface area contributed by atoms with Crippen molar-refractivity contribution in [2.75, 3.05) is 0 Å². The molecule has 76 valence electrons. The Hall–Kier alpha value is -0.860. The van der Waals surface area contributed by atoms with Crippen LogP contribution in [-0.2, 0) is 5.54 Å². The average Bonchev–Trinajstić information content (AvgIpc) is 2.24. The molecule has 0 bridgehead atoms. The largest absolute Gasteiger partial charge is 0.326 e. The predicted octanol–water partition coefficient (Wildman–Crippen LogP) is 1.74. The van der Waals surface area contributed by atoms with Gasteiger partial charge in [0, 0.05) is 6.04 Å². The van der Waals surface area contributed by atoms with E-state index in [1.54, 1.807) is 0 Å². The van der Waals surface area contributed by atoms with E-state index in [1.165, 1.54) is 18.4 Å². The molecule has 14 heavy (non-hydrogen) atoms. The first-order chi connectivity index (χ1) is 6.73. The van der Waals surface area contributed by atoms with Crippen LogP contribution in [-0.4, -0.2) is 6.04 Å². The minimum absolute atomic E-state index is 0.110. The number of nitrogens with two attached hydrogens (primary N) is 2. The van der Waals surface area contributed by atoms with Gasteiger partial charge in [-0.25, -0.2) is 0 Å². The maximum Gasteiger partial charge on any atom is 0.0562 e. The first-order valence-corrected chi connectivity index (χ1v) is 5.33. The fourth-order valence-corrected chi connectivity index (χ4v) is 2.33. The Bertz CT molecular complexity index is 296. The average molecular weight is 190 g/mol. The summed E-state index contributed by atoms with van der Waals surface area (Å²) in [5.74, 6) is 0. The quantitative estimate of drug-likeness (QED) is 0.708. The molecule has 0 saturated heterocycles. The molecule has 1 aromatic rings. The fourth-order valence-electron chi connectivity index (χ4n) is 2.33. The van der Waals surface area contributed by atoms with Crippen LogP contribution < -0.4 is 11.5 Å². The van der Waals surface area contributed by atoms with Crippen molar-refractivity contribution < 1.29 is 0 Å². The Labute approximate surface area is 85.3 Å². The van der Waals surface area contributed by atoms with Gasteiger partial charge in [-0.1, -0.05) is 43.2 Å². The first-order valence-electron chi connectivity index (χ1n) is 5.33. The maximum absolute atomic E-state index is 6.40. The molecule has 1 aromatic carbocycles. The minimum Gasteiger partial charge on any atom is -0.326 e. The molecule has 0 aliphatic heterocycles. The van der Waals surface area contributed by atoms with Crippen molar-refractivity contribution in [3.8, 4) is 0 Å². The molecule has 0 spiro atoms. The summed E-state index contributed by atoms with van der Waals surface area (Å²) in [6.45, 7) is 0. The third-order valence-electron chi connectivity index (χ3n) is 3.33. The van der Waals surface area contributed by atoms with Crippen molar-refractivity contribution in [1.82, 2.24) is 0 Å². The second kappa shape index (κ2) is 3.71. The molecule has 2 rings (SSSR count). The first kappa shape index (κ1) is 9.69. The Kier molecular flexibility index (Phi) is 2.57. The predicted molar refractivity (Wildman–Crippen MR) is 58.8 cm³/mol. The summed E-state index contributed by atoms with van der Waals surface area (Å²) in [6.07, 6.45) is 4.47. The minimum atomic E-state index is -0.292. The second-order valence-corrected chi connectivity index (χ2v) is 4.26. The summed E-state index contributed by atoms with van der Waals surface area (Å²) in [5, 5.41) is 0. The Morgan fingerprint density at radius 1 is 1.14 bits per heavy atom. The summed E-state index contributed by atoms with van der Waals surface area (Å²) in [4.78, 5) is 0. The van der Waals surface area contributed by atoms with Crippen LogP contribution in [0.5, 0.6) is 0 Å². The van der Waals surface area contributed by atoms with Crippen LogP contribution in [0.3, 0.4) is 0 Å². The monoisotopic (exact) mass is 190 g/mol. The SMILES string of the molecule is N[C@@H]1CCCC[C@@]1(N)c1ccccc1. The van der Waals surface area contributed by atoms with E-state index in [-0.39, 0.29) is 11.6 Å². The fraction of sp³-hybridized carbons (Fsp3) is 0.500. The molecule has 2 atom stereocenters. The molecule has 0 heterocycles. The van der Waals surface area contributed by atoms with Gasteiger partial charge in [0.1, 0.15) is 0 Å². The maximum atomic E-state index is 6.40. The van der Waals surface area contributed by atoms with Crippen LogP contribution >= 0.6 is 0 Å². The molecule has 0 aromatic heterocycles. The lowest BCUT2D eigenvalue weighted by atomic mass is 9.74. The summed E-state index contributed by atoms with van der Waals surface area (Å²) >= 11 is 0. The van der Waals surface area contributed by atoms with Crippen LogP contribution in [0.25, 0.3) is 0 Å². The molecule has 0 amide bonds. The van der Waals surface area contributed by atoms with Gasteiger partial charge in [0.15, 0.2) is 0 Å². The molecule has 2 heteroatoms. The lowest BCUT2D eigenvalue weighted by Crippen LogP contribution is -2.54. The van der Waals surface area contributed by atoms with Crippen LogP contribution in [0.4, 0.5) is 0 Å². The Balaban J connectivity index is 2.30. The van der Waals surface area contributed by atoms with Crippen LogP contribution in [0.15, 0.2) is 30.3 Å². The van der Waals surface area contributed by atoms with E-state index in [0.717, 1.165) is 12.8 Å². The molecule has 1 aliphatic carbocycles. The van der Waals surface area contributed by atoms with Crippen molar-refractivity contribution in [1.29, 1.82) is 0 Å². The highest BCUT2D eigenvalue weighted by molar-refractivity contribution is 5.26. The third kappa shape index (κ3) is 1.56. The van der Waals surface area contributed by atoms with Crippen LogP contribution in [0, 0.1) is 0 Å². The van der Waals surface area contributed by atoms with Gasteiger partial charge in [0.05, 0.1) is 5.54 Å². The van der Waals surface area contributed by atoms with E-state index >= 15 is 0 Å². The number of rotatable bonds is 1. The molecule has 1 fully saturated rings. The van der Waals surface area contributed by atoms with E-state index in [9.17, 15) is 0 Å². The van der Waals surface area contributed by atoms with E-state index in [0.29, 0.717) is 0 Å². The molecule has 4 N–H and O–H groups in total. The van der Waals surface area contributed by atoms with Gasteiger partial charge in [-0.15, -0.1) is 0 Å². The Morgan fingerprint density at radius 3 is 2.50 bits per heavy atom. The van der Waals surface area contributed by atoms with E-state index in [4.69, 9.17) is 11.5 Å². The molecular formula is C12H18N2. The van der Waals surface area contributed by atoms with Gasteiger partial charge in [0.25, 0.3) is 0 Å². The number of hydrogen-bond donors (Lipinski definition) is 2. The molecule has 1 saturated carbocycles. The smallest absolute Gasteiger partial charge is 0.0562 e. The van der Waals surface area contributed by atoms with Crippen molar-refractivity contribution >= 4 is 0 Å². The summed E-state index contributed by atoms with van der Waals surface area (Å²) < 4.78 is 0. The van der Waals surface area contributed by atoms with Crippen molar-refractivity contribution in [3.63, 3.8) is 0 Å². The molecule has 2 nitrogen and oxygen atoms in total. The van der Waals surface area contributed by atoms with Crippen molar-refractivity contribution in [3.05, 3.63) is 35.9 Å². The number of hydrogen-bond acceptors (Lipinski definition) is 2. The zero-order chi connectivity index (χ0) is 10.0. The topological polar surface area (TPSA) is 52.0 Å². The molecule has 1 aliphatic rings. The summed E-state index contributed by atoms with van der Waals surface area (Å²) in [5.41, 5.74) is 13.4. The van der Waals surface area contributed by atoms with E-state index in [2.05, 4.69) is 12.1 Å². The summed E-state index contributed by atoms with van der Waals surface area (Å²) in [7, 11) is 0. The standard InChI is InChI=1S/C12H18N2/c13-11-8-4-5-9-12(11,14)10-6-2-1-3-7-10/h1-3,6-7,11H,4-5,8-9,13-14H2/t11-,12-/m1/s1. The molecular weight excluding hydrogens is 172 g/mol. The zero-order valence-corrected chi connectivity index (χ0v) is 8.45. The van der Waals surface area contributed by atoms with E-state index in [1.807, 2.05) is 18.2 Å². The molecule has 0 unspecified atom stereocenters. The highest BCUT2D eigenvalue weighted by Crippen LogP contribution is 2.33. The zero-order valence-electron chi connectivity index (χ0n) is 8.45. The number of benzene rings is 1. The van der Waals surface area contributed by atoms with Gasteiger partial charge < -0.3 is 11.5 Å². The normalized spacial score (nSPS) is 32.9. The Morgan fingerprint density at radius 2 is 1.86 bits per heavy atom.